The van der Waals surface area contributed by atoms with Gasteiger partial charge in [-0.1, -0.05) is 79.9 Å². The number of hydrogen-bond donors (Lipinski definition) is 0. The molecule has 219 valence electrons. The summed E-state index contributed by atoms with van der Waals surface area (Å²) in [5.41, 5.74) is 6.73. The molecule has 0 bridgehead atoms. The van der Waals surface area contributed by atoms with Crippen LogP contribution in [0.4, 0.5) is 0 Å². The van der Waals surface area contributed by atoms with Gasteiger partial charge in [0.25, 0.3) is 0 Å². The van der Waals surface area contributed by atoms with E-state index in [9.17, 15) is 0 Å². The van der Waals surface area contributed by atoms with E-state index in [-0.39, 0.29) is 26.1 Å². The first-order valence-electron chi connectivity index (χ1n) is 15.7. The first kappa shape index (κ1) is 26.8. The van der Waals surface area contributed by atoms with Crippen LogP contribution in [0.2, 0.25) is 19.6 Å². The van der Waals surface area contributed by atoms with E-state index in [1.165, 1.54) is 11.3 Å². The van der Waals surface area contributed by atoms with Gasteiger partial charge in [-0.05, 0) is 42.9 Å². The van der Waals surface area contributed by atoms with E-state index in [4.69, 9.17) is 13.5 Å². The second-order valence-corrected chi connectivity index (χ2v) is 16.8. The normalized spacial score (nSPS) is 12.8. The molecule has 7 rings (SSSR count). The van der Waals surface area contributed by atoms with Crippen molar-refractivity contribution in [1.29, 1.82) is 0 Å². The largest absolute Gasteiger partial charge is 0.501 e. The molecule has 6 heteroatoms. The molecule has 0 N–H and O–H groups in total. The molecular formula is C37H35IrN3OSi-2. The summed E-state index contributed by atoms with van der Waals surface area (Å²) in [4.78, 5) is 9.37. The fourth-order valence-electron chi connectivity index (χ4n) is 5.18. The molecule has 3 heterocycles. The first-order valence-corrected chi connectivity index (χ1v) is 17.7. The zero-order chi connectivity index (χ0) is 31.9. The van der Waals surface area contributed by atoms with E-state index in [0.29, 0.717) is 5.56 Å². The van der Waals surface area contributed by atoms with Gasteiger partial charge in [0.2, 0.25) is 0 Å². The first-order chi connectivity index (χ1) is 21.4. The molecule has 1 radical (unpaired) electrons. The Balaban J connectivity index is 0.000000182. The van der Waals surface area contributed by atoms with Crippen molar-refractivity contribution >= 4 is 46.2 Å². The van der Waals surface area contributed by atoms with Crippen molar-refractivity contribution in [2.24, 2.45) is 0 Å². The zero-order valence-electron chi connectivity index (χ0n) is 27.9. The van der Waals surface area contributed by atoms with Crippen molar-refractivity contribution in [1.82, 2.24) is 14.5 Å². The Morgan fingerprint density at radius 3 is 2.37 bits per heavy atom. The molecule has 3 aromatic heterocycles. The topological polar surface area (TPSA) is 43.9 Å². The molecule has 0 atom stereocenters. The van der Waals surface area contributed by atoms with Crippen LogP contribution in [0.25, 0.3) is 55.6 Å². The Labute approximate surface area is 272 Å². The molecule has 0 unspecified atom stereocenters. The minimum Gasteiger partial charge on any atom is -0.501 e. The maximum atomic E-state index is 7.35. The number of benzene rings is 4. The number of fused-ring (bicyclic) bond motifs is 4. The van der Waals surface area contributed by atoms with E-state index in [1.54, 1.807) is 12.1 Å². The maximum absolute atomic E-state index is 7.35. The van der Waals surface area contributed by atoms with Crippen molar-refractivity contribution in [2.45, 2.75) is 46.4 Å². The Morgan fingerprint density at radius 1 is 0.884 bits per heavy atom. The fraction of sp³-hybridized carbons (Fsp3) is 0.189. The third-order valence-corrected chi connectivity index (χ3v) is 9.42. The summed E-state index contributed by atoms with van der Waals surface area (Å²) in [6, 6.07) is 36.1. The molecule has 43 heavy (non-hydrogen) atoms. The van der Waals surface area contributed by atoms with Crippen molar-refractivity contribution in [3.63, 3.8) is 0 Å². The molecule has 0 aliphatic carbocycles. The smallest absolute Gasteiger partial charge is 0.120 e. The summed E-state index contributed by atoms with van der Waals surface area (Å²) in [5, 5.41) is 3.53. The van der Waals surface area contributed by atoms with Crippen LogP contribution in [0.3, 0.4) is 0 Å². The van der Waals surface area contributed by atoms with Crippen molar-refractivity contribution in [3.05, 3.63) is 115 Å². The molecule has 4 aromatic carbocycles. The van der Waals surface area contributed by atoms with Crippen LogP contribution in [0.5, 0.6) is 0 Å². The van der Waals surface area contributed by atoms with E-state index in [1.807, 2.05) is 42.6 Å². The predicted molar refractivity (Wildman–Crippen MR) is 178 cm³/mol. The Kier molecular flexibility index (Phi) is 7.73. The van der Waals surface area contributed by atoms with E-state index >= 15 is 0 Å². The van der Waals surface area contributed by atoms with E-state index in [2.05, 4.69) is 91.6 Å². The SMILES string of the molecule is CC(C)n1c(-c2[c-]ccc3c2oc2ccccc23)nc2ccccc21.[2H]C([2H])([2H])c1c[c-]c(-c2ccc([Si](C)(C)C)cn2)cc1.[Ir]. The number of hydrogen-bond acceptors (Lipinski definition) is 3. The van der Waals surface area contributed by atoms with Crippen LogP contribution in [-0.4, -0.2) is 22.6 Å². The van der Waals surface area contributed by atoms with Crippen LogP contribution in [0, 0.1) is 19.0 Å². The molecular weight excluding hydrogens is 723 g/mol. The van der Waals surface area contributed by atoms with Crippen molar-refractivity contribution in [3.8, 4) is 22.6 Å². The van der Waals surface area contributed by atoms with Gasteiger partial charge in [-0.3, -0.25) is 4.98 Å². The number of aryl methyl sites for hydroxylation is 1. The van der Waals surface area contributed by atoms with Gasteiger partial charge in [0.05, 0.1) is 30.5 Å². The third kappa shape index (κ3) is 6.14. The van der Waals surface area contributed by atoms with Gasteiger partial charge in [-0.25, -0.2) is 0 Å². The summed E-state index contributed by atoms with van der Waals surface area (Å²) in [6.07, 6.45) is 1.92. The molecule has 0 saturated heterocycles. The van der Waals surface area contributed by atoms with Gasteiger partial charge in [-0.15, -0.1) is 53.6 Å². The van der Waals surface area contributed by atoms with Crippen LogP contribution in [0.1, 0.15) is 29.6 Å². The molecule has 0 aliphatic heterocycles. The summed E-state index contributed by atoms with van der Waals surface area (Å²) in [5.74, 6) is 0.904. The number of para-hydroxylation sites is 3. The van der Waals surface area contributed by atoms with Crippen LogP contribution >= 0.6 is 0 Å². The second-order valence-electron chi connectivity index (χ2n) is 11.8. The van der Waals surface area contributed by atoms with Gasteiger partial charge < -0.3 is 14.0 Å². The standard InChI is InChI=1S/C22H17N2O.C15H18NSi.Ir/c1-14(2)24-19-12-5-4-11-18(19)23-22(24)17-10-7-9-16-15-8-3-6-13-20(15)25-21(16)17;1-12-5-7-13(8-6-12)15-10-9-14(11-16-15)17(2,3)4;/h3-9,11-14H,1-2H3;5-7,9-11H,1-4H3;/q2*-1;/i;1D3;. The second kappa shape index (κ2) is 12.4. The van der Waals surface area contributed by atoms with Crippen LogP contribution < -0.4 is 5.19 Å². The Bertz CT molecular complexity index is 2050. The number of rotatable bonds is 4. The van der Waals surface area contributed by atoms with E-state index < -0.39 is 14.9 Å². The molecule has 0 aliphatic rings. The third-order valence-electron chi connectivity index (χ3n) is 7.39. The van der Waals surface area contributed by atoms with Gasteiger partial charge in [0.1, 0.15) is 5.58 Å². The molecule has 7 aromatic rings. The van der Waals surface area contributed by atoms with Gasteiger partial charge in [0.15, 0.2) is 0 Å². The fourth-order valence-corrected chi connectivity index (χ4v) is 6.22. The Morgan fingerprint density at radius 2 is 1.67 bits per heavy atom. The minimum atomic E-state index is -2.08. The summed E-state index contributed by atoms with van der Waals surface area (Å²) >= 11 is 0. The quantitative estimate of drug-likeness (QED) is 0.133. The van der Waals surface area contributed by atoms with Gasteiger partial charge in [-0.2, -0.15) is 0 Å². The predicted octanol–water partition coefficient (Wildman–Crippen LogP) is 9.38. The average molecular weight is 761 g/mol. The molecule has 0 saturated carbocycles. The number of pyridine rings is 1. The summed E-state index contributed by atoms with van der Waals surface area (Å²) in [6.45, 7) is 9.11. The van der Waals surface area contributed by atoms with Crippen molar-refractivity contribution in [2.75, 3.05) is 0 Å². The number of aromatic nitrogens is 3. The molecule has 0 fully saturated rings. The van der Waals surface area contributed by atoms with Crippen LogP contribution in [0.15, 0.2) is 102 Å². The molecule has 4 nitrogen and oxygen atoms in total. The Hall–Kier alpha value is -3.83. The van der Waals surface area contributed by atoms with E-state index in [0.717, 1.165) is 55.6 Å². The molecule has 0 spiro atoms. The molecule has 0 amide bonds. The van der Waals surface area contributed by atoms with Gasteiger partial charge >= 0.3 is 0 Å². The maximum Gasteiger partial charge on any atom is 0.120 e. The zero-order valence-corrected chi connectivity index (χ0v) is 28.3. The minimum absolute atomic E-state index is 0. The monoisotopic (exact) mass is 761 g/mol. The number of furan rings is 1. The number of nitrogens with zero attached hydrogens (tertiary/aromatic N) is 3. The van der Waals surface area contributed by atoms with Crippen LogP contribution in [-0.2, 0) is 20.1 Å². The summed E-state index contributed by atoms with van der Waals surface area (Å²) in [7, 11) is -1.34. The van der Waals surface area contributed by atoms with Crippen molar-refractivity contribution < 1.29 is 28.6 Å². The van der Waals surface area contributed by atoms with Gasteiger partial charge in [0, 0.05) is 41.8 Å². The number of imidazole rings is 1. The average Bonchev–Trinajstić information content (AvgIpc) is 3.60. The summed E-state index contributed by atoms with van der Waals surface area (Å²) < 4.78 is 30.5.